The zero-order valence-electron chi connectivity index (χ0n) is 23.4. The van der Waals surface area contributed by atoms with Crippen molar-refractivity contribution in [1.82, 2.24) is 5.48 Å². The minimum absolute atomic E-state index is 0.0811. The molecule has 3 aromatic carbocycles. The lowest BCUT2D eigenvalue weighted by molar-refractivity contribution is -0.186. The molecule has 1 heterocycles. The standard InChI is InChI=1S/C32H29F6NO5/c33-31(34,35)24-14-20(15-25(17-24)32(36,37)38)13-23-9-8-22-16-26(10-11-27(22)29(23)40)43-18-19-4-6-21(7-5-19)30(41)39-44-28-3-1-2-12-42-28/h4-7,10-11,14-17,23,28H,1-3,8-9,12-13,18H2,(H,39,41). The Kier molecular flexibility index (Phi) is 9.31. The molecule has 2 unspecified atom stereocenters. The van der Waals surface area contributed by atoms with Crippen molar-refractivity contribution >= 4 is 11.7 Å². The van der Waals surface area contributed by atoms with E-state index in [4.69, 9.17) is 14.3 Å². The number of ketones is 1. The average Bonchev–Trinajstić information content (AvgIpc) is 3.00. The Bertz CT molecular complexity index is 1460. The molecule has 3 aromatic rings. The second kappa shape index (κ2) is 13.0. The maximum absolute atomic E-state index is 13.3. The van der Waals surface area contributed by atoms with E-state index in [1.807, 2.05) is 0 Å². The van der Waals surface area contributed by atoms with E-state index in [9.17, 15) is 35.9 Å². The highest BCUT2D eigenvalue weighted by Gasteiger charge is 2.37. The summed E-state index contributed by atoms with van der Waals surface area (Å²) in [6, 6.07) is 13.0. The third-order valence-electron chi connectivity index (χ3n) is 7.65. The van der Waals surface area contributed by atoms with Crippen molar-refractivity contribution in [3.63, 3.8) is 0 Å². The number of hydroxylamine groups is 1. The molecule has 1 aliphatic carbocycles. The number of rotatable bonds is 8. The molecule has 0 saturated carbocycles. The molecule has 2 aliphatic rings. The number of fused-ring (bicyclic) bond motifs is 1. The van der Waals surface area contributed by atoms with Crippen molar-refractivity contribution in [2.24, 2.45) is 5.92 Å². The van der Waals surface area contributed by atoms with Gasteiger partial charge in [0.1, 0.15) is 12.4 Å². The fraction of sp³-hybridized carbons (Fsp3) is 0.375. The molecule has 1 saturated heterocycles. The normalized spacial score (nSPS) is 18.9. The van der Waals surface area contributed by atoms with E-state index < -0.39 is 41.6 Å². The zero-order chi connectivity index (χ0) is 31.5. The number of amides is 1. The number of Topliss-reactive ketones (excluding diaryl/α,β-unsaturated/α-hetero) is 1. The van der Waals surface area contributed by atoms with Gasteiger partial charge in [0.05, 0.1) is 11.1 Å². The van der Waals surface area contributed by atoms with Gasteiger partial charge in [-0.05, 0) is 97.3 Å². The number of hydrogen-bond acceptors (Lipinski definition) is 5. The van der Waals surface area contributed by atoms with Crippen LogP contribution in [0.1, 0.15) is 74.2 Å². The molecule has 0 aromatic heterocycles. The fourth-order valence-electron chi connectivity index (χ4n) is 5.31. The smallest absolute Gasteiger partial charge is 0.416 e. The maximum atomic E-state index is 13.3. The summed E-state index contributed by atoms with van der Waals surface area (Å²) in [7, 11) is 0. The summed E-state index contributed by atoms with van der Waals surface area (Å²) in [5.41, 5.74) is 1.65. The van der Waals surface area contributed by atoms with E-state index in [2.05, 4.69) is 5.48 Å². The van der Waals surface area contributed by atoms with Crippen LogP contribution in [0.4, 0.5) is 26.3 Å². The van der Waals surface area contributed by atoms with Crippen molar-refractivity contribution in [3.05, 3.63) is 99.6 Å². The Morgan fingerprint density at radius 1 is 0.864 bits per heavy atom. The van der Waals surface area contributed by atoms with Crippen molar-refractivity contribution in [2.75, 3.05) is 6.61 Å². The van der Waals surface area contributed by atoms with Gasteiger partial charge in [0.2, 0.25) is 0 Å². The van der Waals surface area contributed by atoms with E-state index in [1.165, 1.54) is 0 Å². The lowest BCUT2D eigenvalue weighted by Gasteiger charge is -2.24. The molecule has 1 aliphatic heterocycles. The van der Waals surface area contributed by atoms with Crippen LogP contribution in [0.5, 0.6) is 5.75 Å². The Morgan fingerprint density at radius 2 is 1.57 bits per heavy atom. The van der Waals surface area contributed by atoms with Crippen LogP contribution < -0.4 is 10.2 Å². The van der Waals surface area contributed by atoms with Gasteiger partial charge >= 0.3 is 12.4 Å². The first-order chi connectivity index (χ1) is 20.9. The highest BCUT2D eigenvalue weighted by molar-refractivity contribution is 6.00. The monoisotopic (exact) mass is 621 g/mol. The van der Waals surface area contributed by atoms with Crippen LogP contribution in [0.15, 0.2) is 60.7 Å². The topological polar surface area (TPSA) is 73.9 Å². The number of aryl methyl sites for hydroxylation is 1. The molecule has 44 heavy (non-hydrogen) atoms. The summed E-state index contributed by atoms with van der Waals surface area (Å²) in [6.07, 6.45) is -7.28. The van der Waals surface area contributed by atoms with Crippen molar-refractivity contribution < 1.29 is 50.2 Å². The van der Waals surface area contributed by atoms with Crippen molar-refractivity contribution in [1.29, 1.82) is 0 Å². The van der Waals surface area contributed by atoms with Crippen LogP contribution >= 0.6 is 0 Å². The molecule has 12 heteroatoms. The minimum atomic E-state index is -4.95. The van der Waals surface area contributed by atoms with Crippen LogP contribution in [0, 0.1) is 5.92 Å². The first-order valence-electron chi connectivity index (χ1n) is 14.1. The van der Waals surface area contributed by atoms with Crippen LogP contribution in [-0.2, 0) is 41.4 Å². The molecular weight excluding hydrogens is 592 g/mol. The van der Waals surface area contributed by atoms with Gasteiger partial charge in [-0.15, -0.1) is 0 Å². The van der Waals surface area contributed by atoms with Crippen molar-refractivity contribution in [3.8, 4) is 5.75 Å². The summed E-state index contributed by atoms with van der Waals surface area (Å²) in [4.78, 5) is 30.8. The van der Waals surface area contributed by atoms with Crippen molar-refractivity contribution in [2.45, 2.75) is 63.8 Å². The molecule has 0 radical (unpaired) electrons. The van der Waals surface area contributed by atoms with E-state index in [0.29, 0.717) is 54.0 Å². The molecule has 0 spiro atoms. The molecule has 234 valence electrons. The van der Waals surface area contributed by atoms with Crippen LogP contribution in [0.2, 0.25) is 0 Å². The van der Waals surface area contributed by atoms with Crippen LogP contribution in [-0.4, -0.2) is 24.6 Å². The molecule has 5 rings (SSSR count). The summed E-state index contributed by atoms with van der Waals surface area (Å²) in [5.74, 6) is -1.00. The van der Waals surface area contributed by atoms with Crippen LogP contribution in [0.25, 0.3) is 0 Å². The largest absolute Gasteiger partial charge is 0.489 e. The van der Waals surface area contributed by atoms with E-state index in [1.54, 1.807) is 42.5 Å². The van der Waals surface area contributed by atoms with Gasteiger partial charge in [-0.3, -0.25) is 9.59 Å². The van der Waals surface area contributed by atoms with E-state index in [0.717, 1.165) is 18.4 Å². The average molecular weight is 622 g/mol. The van der Waals surface area contributed by atoms with Gasteiger partial charge in [-0.1, -0.05) is 12.1 Å². The fourth-order valence-corrected chi connectivity index (χ4v) is 5.31. The Hall–Kier alpha value is -3.90. The Labute approximate surface area is 249 Å². The lowest BCUT2D eigenvalue weighted by atomic mass is 9.79. The highest BCUT2D eigenvalue weighted by Crippen LogP contribution is 2.38. The number of halogens is 6. The second-order valence-corrected chi connectivity index (χ2v) is 10.9. The van der Waals surface area contributed by atoms with Gasteiger partial charge in [-0.25, -0.2) is 10.3 Å². The SMILES string of the molecule is O=C(NOC1CCCCO1)c1ccc(COc2ccc3c(c2)CCC(Cc2cc(C(F)(F)F)cc(C(F)(F)F)c2)C3=O)cc1. The molecule has 1 N–H and O–H groups in total. The van der Waals surface area contributed by atoms with Gasteiger partial charge in [0.15, 0.2) is 12.1 Å². The zero-order valence-corrected chi connectivity index (χ0v) is 23.4. The van der Waals surface area contributed by atoms with Gasteiger partial charge in [0.25, 0.3) is 5.91 Å². The molecule has 0 bridgehead atoms. The summed E-state index contributed by atoms with van der Waals surface area (Å²) >= 11 is 0. The maximum Gasteiger partial charge on any atom is 0.416 e. The van der Waals surface area contributed by atoms with Gasteiger partial charge < -0.3 is 9.47 Å². The number of alkyl halides is 6. The summed E-state index contributed by atoms with van der Waals surface area (Å²) in [5, 5.41) is 0. The molecule has 1 amide bonds. The van der Waals surface area contributed by atoms with E-state index >= 15 is 0 Å². The lowest BCUT2D eigenvalue weighted by Crippen LogP contribution is -2.33. The predicted octanol–water partition coefficient (Wildman–Crippen LogP) is 7.48. The quantitative estimate of drug-likeness (QED) is 0.209. The highest BCUT2D eigenvalue weighted by atomic mass is 19.4. The number of nitrogens with one attached hydrogen (secondary N) is 1. The van der Waals surface area contributed by atoms with E-state index in [-0.39, 0.29) is 36.9 Å². The Balaban J connectivity index is 1.18. The van der Waals surface area contributed by atoms with Gasteiger partial charge in [0, 0.05) is 30.1 Å². The third kappa shape index (κ3) is 7.78. The molecule has 1 fully saturated rings. The second-order valence-electron chi connectivity index (χ2n) is 10.9. The molecule has 2 atom stereocenters. The van der Waals surface area contributed by atoms with Gasteiger partial charge in [-0.2, -0.15) is 26.3 Å². The number of carbonyl (C=O) groups is 2. The number of carbonyl (C=O) groups excluding carboxylic acids is 2. The minimum Gasteiger partial charge on any atom is -0.489 e. The first-order valence-corrected chi connectivity index (χ1v) is 14.1. The molecule has 6 nitrogen and oxygen atoms in total. The third-order valence-corrected chi connectivity index (χ3v) is 7.65. The summed E-state index contributed by atoms with van der Waals surface area (Å²) < 4.78 is 90.9. The number of benzene rings is 3. The summed E-state index contributed by atoms with van der Waals surface area (Å²) in [6.45, 7) is 0.773. The number of ether oxygens (including phenoxy) is 2. The molecular formula is C32H29F6NO5. The van der Waals surface area contributed by atoms with Crippen LogP contribution in [0.3, 0.4) is 0 Å². The number of hydrogen-bond donors (Lipinski definition) is 1. The first kappa shape index (κ1) is 31.5. The Morgan fingerprint density at radius 3 is 2.20 bits per heavy atom. The predicted molar refractivity (Wildman–Crippen MR) is 146 cm³/mol.